The first kappa shape index (κ1) is 26.4. The second kappa shape index (κ2) is 12.1. The van der Waals surface area contributed by atoms with E-state index in [1.54, 1.807) is 22.3 Å². The van der Waals surface area contributed by atoms with Crippen LogP contribution in [0.25, 0.3) is 6.08 Å². The zero-order valence-electron chi connectivity index (χ0n) is 20.9. The van der Waals surface area contributed by atoms with Crippen LogP contribution in [-0.2, 0) is 32.6 Å². The molecule has 2 aliphatic heterocycles. The molecule has 200 valence electrons. The number of sulfonamides is 1. The molecular weight excluding hydrogens is 524 g/mol. The molecule has 38 heavy (non-hydrogen) atoms. The lowest BCUT2D eigenvalue weighted by molar-refractivity contribution is -0.132. The van der Waals surface area contributed by atoms with Gasteiger partial charge in [0.25, 0.3) is 0 Å². The Labute approximate surface area is 227 Å². The molecule has 0 radical (unpaired) electrons. The van der Waals surface area contributed by atoms with Gasteiger partial charge in [-0.25, -0.2) is 8.42 Å². The van der Waals surface area contributed by atoms with Crippen molar-refractivity contribution >= 4 is 33.3 Å². The molecule has 1 saturated heterocycles. The molecule has 1 amide bonds. The molecule has 3 heterocycles. The molecule has 1 fully saturated rings. The van der Waals surface area contributed by atoms with E-state index in [1.165, 1.54) is 9.71 Å². The lowest BCUT2D eigenvalue weighted by Crippen LogP contribution is -2.44. The van der Waals surface area contributed by atoms with Gasteiger partial charge in [0.05, 0.1) is 19.2 Å². The zero-order valence-corrected chi connectivity index (χ0v) is 22.5. The molecular formula is C28H30N2O6S2. The summed E-state index contributed by atoms with van der Waals surface area (Å²) in [6.07, 6.45) is 2.96. The average molecular weight is 555 g/mol. The van der Waals surface area contributed by atoms with Crippen LogP contribution in [0.15, 0.2) is 71.5 Å². The third-order valence-corrected chi connectivity index (χ3v) is 8.76. The summed E-state index contributed by atoms with van der Waals surface area (Å²) in [6.45, 7) is 1.30. The third-order valence-electron chi connectivity index (χ3n) is 6.42. The highest BCUT2D eigenvalue weighted by Gasteiger charge is 2.30. The van der Waals surface area contributed by atoms with Crippen LogP contribution < -0.4 is 9.47 Å². The number of fused-ring (bicyclic) bond motifs is 1. The number of rotatable bonds is 11. The summed E-state index contributed by atoms with van der Waals surface area (Å²) in [5, 5.41) is 3.13. The maximum absolute atomic E-state index is 13.7. The molecule has 10 heteroatoms. The lowest BCUT2D eigenvalue weighted by atomic mass is 10.2. The second-order valence-corrected chi connectivity index (χ2v) is 12.1. The Kier molecular flexibility index (Phi) is 8.43. The number of hydrogen-bond donors (Lipinski definition) is 0. The van der Waals surface area contributed by atoms with E-state index in [2.05, 4.69) is 0 Å². The molecule has 0 aliphatic carbocycles. The van der Waals surface area contributed by atoms with Crippen LogP contribution in [0.2, 0.25) is 0 Å². The van der Waals surface area contributed by atoms with Gasteiger partial charge in [-0.3, -0.25) is 4.79 Å². The molecule has 1 atom stereocenters. The maximum Gasteiger partial charge on any atom is 0.238 e. The third kappa shape index (κ3) is 6.82. The first-order chi connectivity index (χ1) is 18.5. The summed E-state index contributed by atoms with van der Waals surface area (Å²) in [4.78, 5) is 16.4. The predicted molar refractivity (Wildman–Crippen MR) is 146 cm³/mol. The van der Waals surface area contributed by atoms with E-state index >= 15 is 0 Å². The lowest BCUT2D eigenvalue weighted by Gasteiger charge is -2.28. The number of carbonyl (C=O) groups excluding carboxylic acids is 1. The van der Waals surface area contributed by atoms with Crippen molar-refractivity contribution < 1.29 is 27.4 Å². The average Bonchev–Trinajstić information content (AvgIpc) is 3.70. The first-order valence-electron chi connectivity index (χ1n) is 12.5. The summed E-state index contributed by atoms with van der Waals surface area (Å²) >= 11 is 1.55. The smallest absolute Gasteiger partial charge is 0.238 e. The minimum Gasteiger partial charge on any atom is -0.454 e. The summed E-state index contributed by atoms with van der Waals surface area (Å²) in [5.74, 6) is 1.02. The van der Waals surface area contributed by atoms with Gasteiger partial charge >= 0.3 is 0 Å². The molecule has 0 N–H and O–H groups in total. The minimum atomic E-state index is -3.89. The molecule has 8 nitrogen and oxygen atoms in total. The van der Waals surface area contributed by atoms with Gasteiger partial charge in [-0.15, -0.1) is 11.3 Å². The summed E-state index contributed by atoms with van der Waals surface area (Å²) < 4.78 is 44.8. The molecule has 0 spiro atoms. The molecule has 0 saturated carbocycles. The largest absolute Gasteiger partial charge is 0.454 e. The fourth-order valence-corrected chi connectivity index (χ4v) is 6.31. The van der Waals surface area contributed by atoms with E-state index in [4.69, 9.17) is 14.2 Å². The van der Waals surface area contributed by atoms with Gasteiger partial charge in [0, 0.05) is 30.0 Å². The van der Waals surface area contributed by atoms with Crippen molar-refractivity contribution in [1.82, 2.24) is 9.21 Å². The molecule has 1 aromatic heterocycles. The van der Waals surface area contributed by atoms with Gasteiger partial charge in [0.2, 0.25) is 22.7 Å². The van der Waals surface area contributed by atoms with E-state index in [0.29, 0.717) is 31.2 Å². The van der Waals surface area contributed by atoms with Crippen LogP contribution in [-0.4, -0.2) is 56.1 Å². The monoisotopic (exact) mass is 554 g/mol. The van der Waals surface area contributed by atoms with E-state index in [1.807, 2.05) is 66.0 Å². The van der Waals surface area contributed by atoms with Gasteiger partial charge in [-0.05, 0) is 53.6 Å². The number of ether oxygens (including phenoxy) is 3. The minimum absolute atomic E-state index is 0.129. The highest BCUT2D eigenvalue weighted by Crippen LogP contribution is 2.33. The van der Waals surface area contributed by atoms with Gasteiger partial charge in [-0.2, -0.15) is 4.31 Å². The predicted octanol–water partition coefficient (Wildman–Crippen LogP) is 4.49. The van der Waals surface area contributed by atoms with E-state index < -0.39 is 10.0 Å². The molecule has 2 aliphatic rings. The fraction of sp³-hybridized carbons (Fsp3) is 0.321. The number of nitrogens with zero attached hydrogens (tertiary/aromatic N) is 2. The highest BCUT2D eigenvalue weighted by atomic mass is 32.2. The van der Waals surface area contributed by atoms with Gasteiger partial charge < -0.3 is 19.1 Å². The molecule has 1 unspecified atom stereocenters. The zero-order chi connectivity index (χ0) is 26.4. The van der Waals surface area contributed by atoms with Crippen molar-refractivity contribution in [1.29, 1.82) is 0 Å². The number of carbonyl (C=O) groups is 1. The summed E-state index contributed by atoms with van der Waals surface area (Å²) in [6, 6.07) is 18.7. The highest BCUT2D eigenvalue weighted by molar-refractivity contribution is 7.92. The second-order valence-electron chi connectivity index (χ2n) is 9.20. The Morgan fingerprint density at radius 2 is 1.87 bits per heavy atom. The van der Waals surface area contributed by atoms with Crippen molar-refractivity contribution in [3.05, 3.63) is 87.5 Å². The topological polar surface area (TPSA) is 85.4 Å². The first-order valence-corrected chi connectivity index (χ1v) is 14.9. The summed E-state index contributed by atoms with van der Waals surface area (Å²) in [5.41, 5.74) is 1.64. The maximum atomic E-state index is 13.7. The van der Waals surface area contributed by atoms with Crippen LogP contribution in [0.3, 0.4) is 0 Å². The van der Waals surface area contributed by atoms with Crippen LogP contribution in [0.1, 0.15) is 28.8 Å². The number of amides is 1. The molecule has 3 aromatic rings. The van der Waals surface area contributed by atoms with Crippen LogP contribution in [0.5, 0.6) is 11.5 Å². The molecule has 5 rings (SSSR count). The fourth-order valence-electron chi connectivity index (χ4n) is 4.42. The van der Waals surface area contributed by atoms with Gasteiger partial charge in [-0.1, -0.05) is 42.5 Å². The van der Waals surface area contributed by atoms with Crippen molar-refractivity contribution in [2.24, 2.45) is 0 Å². The Morgan fingerprint density at radius 1 is 1.03 bits per heavy atom. The Morgan fingerprint density at radius 3 is 2.63 bits per heavy atom. The Bertz CT molecular complexity index is 1350. The number of thiophene rings is 1. The SMILES string of the molecule is O=C(CN(CC1CCCO1)S(=O)(=O)C=Cc1ccccc1)N(Cc1ccc2c(c1)OCO2)Cc1cccs1. The quantitative estimate of drug-likeness (QED) is 0.347. The van der Waals surface area contributed by atoms with Crippen LogP contribution in [0, 0.1) is 0 Å². The van der Waals surface area contributed by atoms with Crippen LogP contribution in [0.4, 0.5) is 0 Å². The standard InChI is InChI=1S/C28H30N2O6S2/c31-28(29(19-25-9-5-14-37-25)17-23-10-11-26-27(16-23)36-21-35-26)20-30(18-24-8-4-13-34-24)38(32,33)15-12-22-6-2-1-3-7-22/h1-3,5-7,9-12,14-16,24H,4,8,13,17-21H2. The van der Waals surface area contributed by atoms with E-state index in [9.17, 15) is 13.2 Å². The Balaban J connectivity index is 1.37. The van der Waals surface area contributed by atoms with Crippen molar-refractivity contribution in [3.8, 4) is 11.5 Å². The summed E-state index contributed by atoms with van der Waals surface area (Å²) in [7, 11) is -3.89. The van der Waals surface area contributed by atoms with Gasteiger partial charge in [0.1, 0.15) is 0 Å². The van der Waals surface area contributed by atoms with Crippen molar-refractivity contribution in [3.63, 3.8) is 0 Å². The van der Waals surface area contributed by atoms with Crippen molar-refractivity contribution in [2.45, 2.75) is 32.0 Å². The van der Waals surface area contributed by atoms with E-state index in [-0.39, 0.29) is 31.9 Å². The Hall–Kier alpha value is -3.18. The van der Waals surface area contributed by atoms with Crippen LogP contribution >= 0.6 is 11.3 Å². The van der Waals surface area contributed by atoms with E-state index in [0.717, 1.165) is 28.8 Å². The number of hydrogen-bond acceptors (Lipinski definition) is 7. The molecule has 2 aromatic carbocycles. The number of benzene rings is 2. The molecule has 0 bridgehead atoms. The van der Waals surface area contributed by atoms with Gasteiger partial charge in [0.15, 0.2) is 11.5 Å². The normalized spacial score (nSPS) is 16.9. The van der Waals surface area contributed by atoms with Crippen molar-refractivity contribution in [2.75, 3.05) is 26.5 Å².